The molecule has 0 unspecified atom stereocenters. The molecule has 1 rings (SSSR count). The first-order valence-corrected chi connectivity index (χ1v) is 6.36. The number of methoxy groups -OCH3 is 1. The largest absolute Gasteiger partial charge is 0.496 e. The quantitative estimate of drug-likeness (QED) is 0.748. The first-order valence-electron chi connectivity index (χ1n) is 5.98. The summed E-state index contributed by atoms with van der Waals surface area (Å²) >= 11 is 5.95. The first-order chi connectivity index (χ1) is 8.27. The summed E-state index contributed by atoms with van der Waals surface area (Å²) in [6, 6.07) is 5.63. The lowest BCUT2D eigenvalue weighted by molar-refractivity contribution is 0.414. The molecule has 1 aromatic rings. The smallest absolute Gasteiger partial charge is 0.126 e. The van der Waals surface area contributed by atoms with Crippen molar-refractivity contribution in [1.82, 2.24) is 5.32 Å². The van der Waals surface area contributed by atoms with E-state index in [9.17, 15) is 0 Å². The van der Waals surface area contributed by atoms with Gasteiger partial charge in [0.2, 0.25) is 0 Å². The molecule has 0 radical (unpaired) electrons. The predicted octanol–water partition coefficient (Wildman–Crippen LogP) is 3.75. The van der Waals surface area contributed by atoms with E-state index in [-0.39, 0.29) is 0 Å². The van der Waals surface area contributed by atoms with Crippen LogP contribution in [0.4, 0.5) is 0 Å². The second kappa shape index (κ2) is 8.15. The fourth-order valence-electron chi connectivity index (χ4n) is 1.53. The minimum atomic E-state index is 0.731. The summed E-state index contributed by atoms with van der Waals surface area (Å²) in [6.07, 6.45) is 6.37. The highest BCUT2D eigenvalue weighted by Crippen LogP contribution is 2.23. The van der Waals surface area contributed by atoms with Crippen LogP contribution in [0.2, 0.25) is 5.02 Å². The van der Waals surface area contributed by atoms with Crippen LogP contribution in [0.3, 0.4) is 0 Å². The van der Waals surface area contributed by atoms with Crippen molar-refractivity contribution in [2.75, 3.05) is 20.2 Å². The van der Waals surface area contributed by atoms with Crippen LogP contribution in [0.5, 0.6) is 5.75 Å². The van der Waals surface area contributed by atoms with E-state index in [2.05, 4.69) is 24.4 Å². The first kappa shape index (κ1) is 14.1. The summed E-state index contributed by atoms with van der Waals surface area (Å²) in [5.74, 6) is 0.854. The van der Waals surface area contributed by atoms with Gasteiger partial charge in [-0.2, -0.15) is 0 Å². The third-order valence-electron chi connectivity index (χ3n) is 2.40. The van der Waals surface area contributed by atoms with Gasteiger partial charge in [0.1, 0.15) is 5.75 Å². The van der Waals surface area contributed by atoms with E-state index >= 15 is 0 Å². The summed E-state index contributed by atoms with van der Waals surface area (Å²) in [7, 11) is 1.67. The van der Waals surface area contributed by atoms with Crippen molar-refractivity contribution in [2.45, 2.75) is 19.8 Å². The van der Waals surface area contributed by atoms with Crippen molar-refractivity contribution in [2.24, 2.45) is 0 Å². The third kappa shape index (κ3) is 5.24. The predicted molar refractivity (Wildman–Crippen MR) is 74.8 cm³/mol. The Morgan fingerprint density at radius 2 is 2.18 bits per heavy atom. The average Bonchev–Trinajstić information content (AvgIpc) is 2.34. The standard InChI is InChI=1S/C14H20ClNO/c1-3-9-16-10-5-4-6-12-11-13(15)7-8-14(12)17-2/h4,6-8,11,16H,3,5,9-10H2,1-2H3. The van der Waals surface area contributed by atoms with E-state index in [1.54, 1.807) is 7.11 Å². The van der Waals surface area contributed by atoms with Crippen molar-refractivity contribution in [3.63, 3.8) is 0 Å². The minimum absolute atomic E-state index is 0.731. The molecule has 2 nitrogen and oxygen atoms in total. The number of halogens is 1. The fourth-order valence-corrected chi connectivity index (χ4v) is 1.71. The summed E-state index contributed by atoms with van der Waals surface area (Å²) in [6.45, 7) is 4.25. The van der Waals surface area contributed by atoms with Crippen LogP contribution in [-0.2, 0) is 0 Å². The summed E-state index contributed by atoms with van der Waals surface area (Å²) in [5.41, 5.74) is 1.02. The van der Waals surface area contributed by atoms with Gasteiger partial charge in [-0.05, 0) is 44.1 Å². The van der Waals surface area contributed by atoms with Crippen LogP contribution in [0, 0.1) is 0 Å². The number of hydrogen-bond donors (Lipinski definition) is 1. The van der Waals surface area contributed by atoms with Crippen molar-refractivity contribution < 1.29 is 4.74 Å². The minimum Gasteiger partial charge on any atom is -0.496 e. The molecule has 3 heteroatoms. The Bertz CT molecular complexity index is 363. The SMILES string of the molecule is CCCNCCC=Cc1cc(Cl)ccc1OC. The highest BCUT2D eigenvalue weighted by molar-refractivity contribution is 6.30. The molecule has 0 saturated carbocycles. The molecule has 0 aliphatic rings. The maximum Gasteiger partial charge on any atom is 0.126 e. The van der Waals surface area contributed by atoms with E-state index in [0.717, 1.165) is 35.8 Å². The summed E-state index contributed by atoms with van der Waals surface area (Å²) < 4.78 is 5.27. The van der Waals surface area contributed by atoms with Crippen LogP contribution >= 0.6 is 11.6 Å². The lowest BCUT2D eigenvalue weighted by Gasteiger charge is -2.05. The van der Waals surface area contributed by atoms with E-state index < -0.39 is 0 Å². The van der Waals surface area contributed by atoms with Crippen LogP contribution in [0.25, 0.3) is 6.08 Å². The molecule has 1 aromatic carbocycles. The zero-order chi connectivity index (χ0) is 12.5. The Labute approximate surface area is 109 Å². The van der Waals surface area contributed by atoms with Gasteiger partial charge in [-0.1, -0.05) is 30.7 Å². The third-order valence-corrected chi connectivity index (χ3v) is 2.64. The maximum absolute atomic E-state index is 5.95. The second-order valence-corrected chi connectivity index (χ2v) is 4.26. The fraction of sp³-hybridized carbons (Fsp3) is 0.429. The van der Waals surface area contributed by atoms with Gasteiger partial charge in [0.25, 0.3) is 0 Å². The number of nitrogens with one attached hydrogen (secondary N) is 1. The Kier molecular flexibility index (Phi) is 6.75. The van der Waals surface area contributed by atoms with Gasteiger partial charge in [0.05, 0.1) is 7.11 Å². The molecule has 0 heterocycles. The Morgan fingerprint density at radius 1 is 1.35 bits per heavy atom. The van der Waals surface area contributed by atoms with Crippen LogP contribution < -0.4 is 10.1 Å². The van der Waals surface area contributed by atoms with Gasteiger partial charge in [-0.15, -0.1) is 0 Å². The highest BCUT2D eigenvalue weighted by atomic mass is 35.5. The van der Waals surface area contributed by atoms with Gasteiger partial charge in [-0.3, -0.25) is 0 Å². The van der Waals surface area contributed by atoms with Gasteiger partial charge >= 0.3 is 0 Å². The molecule has 94 valence electrons. The molecule has 0 spiro atoms. The zero-order valence-electron chi connectivity index (χ0n) is 10.5. The van der Waals surface area contributed by atoms with Crippen molar-refractivity contribution in [1.29, 1.82) is 0 Å². The Balaban J connectivity index is 2.49. The molecule has 0 atom stereocenters. The molecule has 17 heavy (non-hydrogen) atoms. The van der Waals surface area contributed by atoms with E-state index in [1.165, 1.54) is 6.42 Å². The molecular weight excluding hydrogens is 234 g/mol. The molecule has 0 aliphatic heterocycles. The lowest BCUT2D eigenvalue weighted by atomic mass is 10.1. The number of ether oxygens (including phenoxy) is 1. The van der Waals surface area contributed by atoms with Gasteiger partial charge < -0.3 is 10.1 Å². The van der Waals surface area contributed by atoms with Crippen molar-refractivity contribution in [3.8, 4) is 5.75 Å². The molecule has 0 fully saturated rings. The molecule has 0 amide bonds. The van der Waals surface area contributed by atoms with Crippen molar-refractivity contribution >= 4 is 17.7 Å². The molecule has 0 saturated heterocycles. The zero-order valence-corrected chi connectivity index (χ0v) is 11.3. The van der Waals surface area contributed by atoms with Gasteiger partial charge in [-0.25, -0.2) is 0 Å². The van der Waals surface area contributed by atoms with Crippen LogP contribution in [-0.4, -0.2) is 20.2 Å². The van der Waals surface area contributed by atoms with Crippen LogP contribution in [0.1, 0.15) is 25.3 Å². The number of hydrogen-bond acceptors (Lipinski definition) is 2. The average molecular weight is 254 g/mol. The highest BCUT2D eigenvalue weighted by Gasteiger charge is 1.99. The van der Waals surface area contributed by atoms with Gasteiger partial charge in [0, 0.05) is 10.6 Å². The Morgan fingerprint density at radius 3 is 2.88 bits per heavy atom. The van der Waals surface area contributed by atoms with E-state index in [4.69, 9.17) is 16.3 Å². The molecule has 0 bridgehead atoms. The lowest BCUT2D eigenvalue weighted by Crippen LogP contribution is -2.14. The molecule has 1 N–H and O–H groups in total. The van der Waals surface area contributed by atoms with E-state index in [0.29, 0.717) is 0 Å². The second-order valence-electron chi connectivity index (χ2n) is 3.83. The van der Waals surface area contributed by atoms with Crippen LogP contribution in [0.15, 0.2) is 24.3 Å². The van der Waals surface area contributed by atoms with E-state index in [1.807, 2.05) is 18.2 Å². The molecule has 0 aliphatic carbocycles. The topological polar surface area (TPSA) is 21.3 Å². The normalized spacial score (nSPS) is 11.0. The maximum atomic E-state index is 5.95. The number of benzene rings is 1. The van der Waals surface area contributed by atoms with Gasteiger partial charge in [0.15, 0.2) is 0 Å². The summed E-state index contributed by atoms with van der Waals surface area (Å²) in [5, 5.41) is 4.08. The number of rotatable bonds is 7. The van der Waals surface area contributed by atoms with Crippen molar-refractivity contribution in [3.05, 3.63) is 34.9 Å². The molecule has 0 aromatic heterocycles. The summed E-state index contributed by atoms with van der Waals surface area (Å²) in [4.78, 5) is 0. The Hall–Kier alpha value is -0.990. The molecular formula is C14H20ClNO. The monoisotopic (exact) mass is 253 g/mol.